The lowest BCUT2D eigenvalue weighted by Gasteiger charge is -2.05. The van der Waals surface area contributed by atoms with Crippen molar-refractivity contribution >= 4 is 44.2 Å². The molecule has 0 bridgehead atoms. The first kappa shape index (κ1) is 13.0. The van der Waals surface area contributed by atoms with E-state index in [2.05, 4.69) is 20.3 Å². The van der Waals surface area contributed by atoms with E-state index in [-0.39, 0.29) is 5.91 Å². The average Bonchev–Trinajstić information content (AvgIpc) is 3.10. The van der Waals surface area contributed by atoms with Crippen molar-refractivity contribution in [1.82, 2.24) is 15.0 Å². The highest BCUT2D eigenvalue weighted by Gasteiger charge is 2.09. The van der Waals surface area contributed by atoms with Crippen LogP contribution in [-0.4, -0.2) is 20.9 Å². The Hall–Kier alpha value is -2.73. The summed E-state index contributed by atoms with van der Waals surface area (Å²) in [5.74, 6) is -0.142. The SMILES string of the molecule is Cc1nc2ccc(NC(=O)c3ccc4nc[nH]c4c3)cc2s1. The van der Waals surface area contributed by atoms with E-state index in [9.17, 15) is 4.79 Å². The zero-order chi connectivity index (χ0) is 15.1. The predicted molar refractivity (Wildman–Crippen MR) is 88.4 cm³/mol. The molecule has 2 heterocycles. The summed E-state index contributed by atoms with van der Waals surface area (Å²) in [7, 11) is 0. The molecule has 2 aromatic heterocycles. The van der Waals surface area contributed by atoms with Gasteiger partial charge in [-0.3, -0.25) is 4.79 Å². The molecule has 5 nitrogen and oxygen atoms in total. The molecule has 0 saturated heterocycles. The number of aryl methyl sites for hydroxylation is 1. The highest BCUT2D eigenvalue weighted by Crippen LogP contribution is 2.25. The molecule has 2 aromatic carbocycles. The third-order valence-electron chi connectivity index (χ3n) is 3.44. The number of carbonyl (C=O) groups excluding carboxylic acids is 1. The Morgan fingerprint density at radius 3 is 2.95 bits per heavy atom. The topological polar surface area (TPSA) is 70.7 Å². The van der Waals surface area contributed by atoms with Crippen LogP contribution in [0.15, 0.2) is 42.7 Å². The molecule has 0 aliphatic rings. The number of hydrogen-bond donors (Lipinski definition) is 2. The average molecular weight is 308 g/mol. The lowest BCUT2D eigenvalue weighted by Crippen LogP contribution is -2.11. The van der Waals surface area contributed by atoms with Gasteiger partial charge in [0.05, 0.1) is 32.6 Å². The number of nitrogens with one attached hydrogen (secondary N) is 2. The normalized spacial score (nSPS) is 11.1. The van der Waals surface area contributed by atoms with E-state index in [1.54, 1.807) is 29.8 Å². The number of aromatic nitrogens is 3. The van der Waals surface area contributed by atoms with Crippen molar-refractivity contribution in [3.63, 3.8) is 0 Å². The van der Waals surface area contributed by atoms with Crippen molar-refractivity contribution < 1.29 is 4.79 Å². The summed E-state index contributed by atoms with van der Waals surface area (Å²) >= 11 is 1.62. The second-order valence-electron chi connectivity index (χ2n) is 5.00. The molecule has 0 aliphatic heterocycles. The van der Waals surface area contributed by atoms with E-state index in [0.717, 1.165) is 31.9 Å². The van der Waals surface area contributed by atoms with Gasteiger partial charge < -0.3 is 10.3 Å². The number of rotatable bonds is 2. The van der Waals surface area contributed by atoms with Crippen molar-refractivity contribution in [1.29, 1.82) is 0 Å². The molecule has 0 atom stereocenters. The minimum atomic E-state index is -0.142. The van der Waals surface area contributed by atoms with Crippen LogP contribution in [0.5, 0.6) is 0 Å². The van der Waals surface area contributed by atoms with Crippen LogP contribution < -0.4 is 5.32 Å². The number of H-pyrrole nitrogens is 1. The van der Waals surface area contributed by atoms with Crippen molar-refractivity contribution in [2.24, 2.45) is 0 Å². The molecule has 4 rings (SSSR count). The number of aromatic amines is 1. The van der Waals surface area contributed by atoms with E-state index in [1.165, 1.54) is 0 Å². The van der Waals surface area contributed by atoms with Crippen LogP contribution in [0.2, 0.25) is 0 Å². The zero-order valence-electron chi connectivity index (χ0n) is 11.8. The molecule has 0 radical (unpaired) electrons. The highest BCUT2D eigenvalue weighted by molar-refractivity contribution is 7.18. The van der Waals surface area contributed by atoms with Gasteiger partial charge in [-0.1, -0.05) is 0 Å². The Kier molecular flexibility index (Phi) is 2.90. The van der Waals surface area contributed by atoms with Crippen LogP contribution in [0.4, 0.5) is 5.69 Å². The van der Waals surface area contributed by atoms with Crippen LogP contribution in [0.25, 0.3) is 21.3 Å². The molecule has 0 fully saturated rings. The zero-order valence-corrected chi connectivity index (χ0v) is 12.6. The number of imidazole rings is 1. The number of nitrogens with zero attached hydrogens (tertiary/aromatic N) is 2. The number of fused-ring (bicyclic) bond motifs is 2. The first-order chi connectivity index (χ1) is 10.7. The Balaban J connectivity index is 1.64. The van der Waals surface area contributed by atoms with Crippen LogP contribution in [0.3, 0.4) is 0 Å². The molecular weight excluding hydrogens is 296 g/mol. The Morgan fingerprint density at radius 1 is 1.18 bits per heavy atom. The predicted octanol–water partition coefficient (Wildman–Crippen LogP) is 3.73. The van der Waals surface area contributed by atoms with Crippen molar-refractivity contribution in [3.8, 4) is 0 Å². The third kappa shape index (κ3) is 2.23. The Morgan fingerprint density at radius 2 is 2.05 bits per heavy atom. The molecule has 0 saturated carbocycles. The second kappa shape index (κ2) is 4.92. The van der Waals surface area contributed by atoms with Gasteiger partial charge in [0.15, 0.2) is 0 Å². The summed E-state index contributed by atoms with van der Waals surface area (Å²) in [4.78, 5) is 23.9. The number of hydrogen-bond acceptors (Lipinski definition) is 4. The largest absolute Gasteiger partial charge is 0.345 e. The van der Waals surface area contributed by atoms with Crippen molar-refractivity contribution in [2.75, 3.05) is 5.32 Å². The fraction of sp³-hybridized carbons (Fsp3) is 0.0625. The van der Waals surface area contributed by atoms with E-state index < -0.39 is 0 Å². The van der Waals surface area contributed by atoms with Gasteiger partial charge in [-0.05, 0) is 43.3 Å². The summed E-state index contributed by atoms with van der Waals surface area (Å²) in [6, 6.07) is 11.1. The molecular formula is C16H12N4OS. The standard InChI is InChI=1S/C16H12N4OS/c1-9-19-13-5-3-11(7-15(13)22-9)20-16(21)10-2-4-12-14(6-10)18-8-17-12/h2-8H,1H3,(H,17,18)(H,20,21). The fourth-order valence-corrected chi connectivity index (χ4v) is 3.26. The van der Waals surface area contributed by atoms with Crippen LogP contribution in [0, 0.1) is 6.92 Å². The van der Waals surface area contributed by atoms with Crippen LogP contribution in [0.1, 0.15) is 15.4 Å². The molecule has 0 unspecified atom stereocenters. The van der Waals surface area contributed by atoms with E-state index in [0.29, 0.717) is 5.56 Å². The molecule has 4 aromatic rings. The van der Waals surface area contributed by atoms with Gasteiger partial charge in [-0.2, -0.15) is 0 Å². The maximum Gasteiger partial charge on any atom is 0.255 e. The number of anilines is 1. The minimum Gasteiger partial charge on any atom is -0.345 e. The maximum atomic E-state index is 12.4. The lowest BCUT2D eigenvalue weighted by molar-refractivity contribution is 0.102. The second-order valence-corrected chi connectivity index (χ2v) is 6.24. The molecule has 0 aliphatic carbocycles. The number of benzene rings is 2. The Labute approximate surface area is 130 Å². The third-order valence-corrected chi connectivity index (χ3v) is 4.37. The van der Waals surface area contributed by atoms with Crippen LogP contribution in [-0.2, 0) is 0 Å². The number of carbonyl (C=O) groups is 1. The first-order valence-electron chi connectivity index (χ1n) is 6.81. The number of amides is 1. The molecule has 22 heavy (non-hydrogen) atoms. The summed E-state index contributed by atoms with van der Waals surface area (Å²) in [6.45, 7) is 1.97. The van der Waals surface area contributed by atoms with Crippen molar-refractivity contribution in [2.45, 2.75) is 6.92 Å². The van der Waals surface area contributed by atoms with Crippen LogP contribution >= 0.6 is 11.3 Å². The van der Waals surface area contributed by atoms with Gasteiger partial charge in [-0.15, -0.1) is 11.3 Å². The smallest absolute Gasteiger partial charge is 0.255 e. The lowest BCUT2D eigenvalue weighted by atomic mass is 10.2. The first-order valence-corrected chi connectivity index (χ1v) is 7.62. The van der Waals surface area contributed by atoms with E-state index >= 15 is 0 Å². The van der Waals surface area contributed by atoms with E-state index in [1.807, 2.05) is 31.2 Å². The summed E-state index contributed by atoms with van der Waals surface area (Å²) in [5.41, 5.74) is 4.02. The van der Waals surface area contributed by atoms with Gasteiger partial charge >= 0.3 is 0 Å². The highest BCUT2D eigenvalue weighted by atomic mass is 32.1. The molecule has 1 amide bonds. The monoisotopic (exact) mass is 308 g/mol. The van der Waals surface area contributed by atoms with Gasteiger partial charge in [0.25, 0.3) is 5.91 Å². The summed E-state index contributed by atoms with van der Waals surface area (Å²) in [5, 5.41) is 3.94. The Bertz CT molecular complexity index is 1000. The van der Waals surface area contributed by atoms with Gasteiger partial charge in [0.1, 0.15) is 0 Å². The molecule has 6 heteroatoms. The number of thiazole rings is 1. The summed E-state index contributed by atoms with van der Waals surface area (Å²) < 4.78 is 1.07. The van der Waals surface area contributed by atoms with Gasteiger partial charge in [0.2, 0.25) is 0 Å². The van der Waals surface area contributed by atoms with Gasteiger partial charge in [-0.25, -0.2) is 9.97 Å². The quantitative estimate of drug-likeness (QED) is 0.592. The van der Waals surface area contributed by atoms with Gasteiger partial charge in [0, 0.05) is 11.3 Å². The fourth-order valence-electron chi connectivity index (χ4n) is 2.40. The maximum absolute atomic E-state index is 12.4. The van der Waals surface area contributed by atoms with E-state index in [4.69, 9.17) is 0 Å². The molecule has 0 spiro atoms. The summed E-state index contributed by atoms with van der Waals surface area (Å²) in [6.07, 6.45) is 1.62. The molecule has 2 N–H and O–H groups in total. The van der Waals surface area contributed by atoms with Crippen molar-refractivity contribution in [3.05, 3.63) is 53.3 Å². The molecule has 108 valence electrons. The minimum absolute atomic E-state index is 0.142.